The van der Waals surface area contributed by atoms with E-state index in [0.717, 1.165) is 50.6 Å². The number of fused-ring (bicyclic) bond motifs is 1. The summed E-state index contributed by atoms with van der Waals surface area (Å²) in [6, 6.07) is 8.27. The first-order valence-electron chi connectivity index (χ1n) is 6.85. The van der Waals surface area contributed by atoms with Crippen molar-refractivity contribution < 1.29 is 4.79 Å². The molecule has 1 aromatic rings. The molecule has 1 saturated heterocycles. The summed E-state index contributed by atoms with van der Waals surface area (Å²) in [6.45, 7) is 5.02. The molecule has 0 unspecified atom stereocenters. The SMILES string of the molecule is CN1CCN(C(=O)N2CCNCC2)c2ccccc21. The van der Waals surface area contributed by atoms with Gasteiger partial charge < -0.3 is 15.1 Å². The van der Waals surface area contributed by atoms with Gasteiger partial charge in [0, 0.05) is 46.3 Å². The quantitative estimate of drug-likeness (QED) is 0.755. The van der Waals surface area contributed by atoms with Crippen LogP contribution < -0.4 is 15.1 Å². The average molecular weight is 260 g/mol. The van der Waals surface area contributed by atoms with E-state index in [0.29, 0.717) is 0 Å². The molecule has 0 aromatic heterocycles. The van der Waals surface area contributed by atoms with Crippen LogP contribution in [0.25, 0.3) is 0 Å². The first-order valence-corrected chi connectivity index (χ1v) is 6.85. The number of urea groups is 1. The van der Waals surface area contributed by atoms with Crippen LogP contribution in [0.1, 0.15) is 0 Å². The number of carbonyl (C=O) groups is 1. The number of amides is 2. The second kappa shape index (κ2) is 5.09. The van der Waals surface area contributed by atoms with Crippen molar-refractivity contribution >= 4 is 17.4 Å². The molecule has 0 saturated carbocycles. The zero-order valence-corrected chi connectivity index (χ0v) is 11.3. The number of rotatable bonds is 0. The minimum absolute atomic E-state index is 0.141. The first-order chi connectivity index (χ1) is 9.27. The highest BCUT2D eigenvalue weighted by Crippen LogP contribution is 2.32. The Morgan fingerprint density at radius 1 is 1.05 bits per heavy atom. The van der Waals surface area contributed by atoms with E-state index in [1.54, 1.807) is 0 Å². The number of benzene rings is 1. The van der Waals surface area contributed by atoms with Crippen molar-refractivity contribution in [3.8, 4) is 0 Å². The van der Waals surface area contributed by atoms with Gasteiger partial charge in [0.15, 0.2) is 0 Å². The fourth-order valence-electron chi connectivity index (χ4n) is 2.73. The van der Waals surface area contributed by atoms with E-state index in [9.17, 15) is 4.79 Å². The standard InChI is InChI=1S/C14H20N4O/c1-16-10-11-18(13-5-3-2-4-12(13)16)14(19)17-8-6-15-7-9-17/h2-5,15H,6-11H2,1H3. The molecule has 2 heterocycles. The third-order valence-electron chi connectivity index (χ3n) is 3.86. The Labute approximate surface area is 113 Å². The number of nitrogens with zero attached hydrogens (tertiary/aromatic N) is 3. The Morgan fingerprint density at radius 2 is 1.74 bits per heavy atom. The van der Waals surface area contributed by atoms with Crippen LogP contribution in [0.2, 0.25) is 0 Å². The van der Waals surface area contributed by atoms with Gasteiger partial charge >= 0.3 is 6.03 Å². The van der Waals surface area contributed by atoms with E-state index >= 15 is 0 Å². The predicted octanol–water partition coefficient (Wildman–Crippen LogP) is 0.968. The van der Waals surface area contributed by atoms with Crippen molar-refractivity contribution in [1.29, 1.82) is 0 Å². The molecule has 0 radical (unpaired) electrons. The maximum Gasteiger partial charge on any atom is 0.324 e. The second-order valence-electron chi connectivity index (χ2n) is 5.08. The highest BCUT2D eigenvalue weighted by atomic mass is 16.2. The number of anilines is 2. The average Bonchev–Trinajstić information content (AvgIpc) is 2.48. The third-order valence-corrected chi connectivity index (χ3v) is 3.86. The molecule has 0 aliphatic carbocycles. The van der Waals surface area contributed by atoms with E-state index in [2.05, 4.69) is 23.3 Å². The van der Waals surface area contributed by atoms with Crippen LogP contribution in [0.4, 0.5) is 16.2 Å². The van der Waals surface area contributed by atoms with Gasteiger partial charge in [0.25, 0.3) is 0 Å². The summed E-state index contributed by atoms with van der Waals surface area (Å²) in [5, 5.41) is 3.28. The zero-order valence-electron chi connectivity index (χ0n) is 11.3. The third kappa shape index (κ3) is 2.26. The lowest BCUT2D eigenvalue weighted by Crippen LogP contribution is -2.54. The molecule has 1 aromatic carbocycles. The molecular formula is C14H20N4O. The van der Waals surface area contributed by atoms with Crippen molar-refractivity contribution in [2.45, 2.75) is 0 Å². The molecule has 1 N–H and O–H groups in total. The summed E-state index contributed by atoms with van der Waals surface area (Å²) < 4.78 is 0. The van der Waals surface area contributed by atoms with Crippen molar-refractivity contribution in [1.82, 2.24) is 10.2 Å². The minimum atomic E-state index is 0.141. The summed E-state index contributed by atoms with van der Waals surface area (Å²) in [7, 11) is 2.07. The van der Waals surface area contributed by atoms with E-state index in [1.165, 1.54) is 0 Å². The molecule has 2 aliphatic heterocycles. The van der Waals surface area contributed by atoms with Gasteiger partial charge in [0.2, 0.25) is 0 Å². The molecular weight excluding hydrogens is 240 g/mol. The molecule has 19 heavy (non-hydrogen) atoms. The summed E-state index contributed by atoms with van der Waals surface area (Å²) in [5.41, 5.74) is 2.16. The normalized spacial score (nSPS) is 19.3. The number of hydrogen-bond acceptors (Lipinski definition) is 3. The molecule has 0 spiro atoms. The number of carbonyl (C=O) groups excluding carboxylic acids is 1. The van der Waals surface area contributed by atoms with Crippen LogP contribution in [0, 0.1) is 0 Å². The van der Waals surface area contributed by atoms with Gasteiger partial charge in [-0.15, -0.1) is 0 Å². The molecule has 5 nitrogen and oxygen atoms in total. The number of piperazine rings is 1. The van der Waals surface area contributed by atoms with E-state index in [-0.39, 0.29) is 6.03 Å². The van der Waals surface area contributed by atoms with E-state index < -0.39 is 0 Å². The lowest BCUT2D eigenvalue weighted by molar-refractivity contribution is 0.196. The monoisotopic (exact) mass is 260 g/mol. The summed E-state index contributed by atoms with van der Waals surface area (Å²) in [6.07, 6.45) is 0. The van der Waals surface area contributed by atoms with Gasteiger partial charge in [-0.05, 0) is 12.1 Å². The molecule has 0 bridgehead atoms. The number of para-hydroxylation sites is 2. The minimum Gasteiger partial charge on any atom is -0.371 e. The summed E-state index contributed by atoms with van der Waals surface area (Å²) in [4.78, 5) is 18.7. The number of likely N-dealkylation sites (N-methyl/N-ethyl adjacent to an activating group) is 1. The van der Waals surface area contributed by atoms with Crippen LogP contribution in [-0.2, 0) is 0 Å². The number of nitrogens with one attached hydrogen (secondary N) is 1. The van der Waals surface area contributed by atoms with Gasteiger partial charge in [0.1, 0.15) is 0 Å². The van der Waals surface area contributed by atoms with Crippen molar-refractivity contribution in [2.24, 2.45) is 0 Å². The largest absolute Gasteiger partial charge is 0.371 e. The van der Waals surface area contributed by atoms with Gasteiger partial charge in [0.05, 0.1) is 11.4 Å². The van der Waals surface area contributed by atoms with Crippen LogP contribution in [0.5, 0.6) is 0 Å². The number of hydrogen-bond donors (Lipinski definition) is 1. The second-order valence-corrected chi connectivity index (χ2v) is 5.08. The highest BCUT2D eigenvalue weighted by molar-refractivity contribution is 5.96. The van der Waals surface area contributed by atoms with Crippen LogP contribution in [0.15, 0.2) is 24.3 Å². The van der Waals surface area contributed by atoms with Gasteiger partial charge in [-0.1, -0.05) is 12.1 Å². The van der Waals surface area contributed by atoms with Gasteiger partial charge in [-0.2, -0.15) is 0 Å². The van der Waals surface area contributed by atoms with Gasteiger partial charge in [-0.3, -0.25) is 4.90 Å². The Hall–Kier alpha value is -1.75. The van der Waals surface area contributed by atoms with Crippen LogP contribution in [-0.4, -0.2) is 57.2 Å². The summed E-state index contributed by atoms with van der Waals surface area (Å²) >= 11 is 0. The van der Waals surface area contributed by atoms with Crippen molar-refractivity contribution in [2.75, 3.05) is 56.1 Å². The highest BCUT2D eigenvalue weighted by Gasteiger charge is 2.28. The Bertz CT molecular complexity index is 470. The Kier molecular flexibility index (Phi) is 3.29. The fourth-order valence-corrected chi connectivity index (χ4v) is 2.73. The van der Waals surface area contributed by atoms with Crippen LogP contribution >= 0.6 is 0 Å². The van der Waals surface area contributed by atoms with E-state index in [4.69, 9.17) is 0 Å². The summed E-state index contributed by atoms with van der Waals surface area (Å²) in [5.74, 6) is 0. The topological polar surface area (TPSA) is 38.8 Å². The molecule has 2 amide bonds. The first kappa shape index (κ1) is 12.3. The molecule has 0 atom stereocenters. The smallest absolute Gasteiger partial charge is 0.324 e. The molecule has 5 heteroatoms. The lowest BCUT2D eigenvalue weighted by Gasteiger charge is -2.39. The van der Waals surface area contributed by atoms with Crippen LogP contribution in [0.3, 0.4) is 0 Å². The zero-order chi connectivity index (χ0) is 13.2. The molecule has 102 valence electrons. The predicted molar refractivity (Wildman–Crippen MR) is 76.9 cm³/mol. The molecule has 2 aliphatic rings. The lowest BCUT2D eigenvalue weighted by atomic mass is 10.2. The fraction of sp³-hybridized carbons (Fsp3) is 0.500. The van der Waals surface area contributed by atoms with E-state index in [1.807, 2.05) is 28.0 Å². The Balaban J connectivity index is 1.85. The maximum absolute atomic E-state index is 12.6. The molecule has 3 rings (SSSR count). The maximum atomic E-state index is 12.6. The van der Waals surface area contributed by atoms with Crippen molar-refractivity contribution in [3.63, 3.8) is 0 Å². The van der Waals surface area contributed by atoms with Crippen molar-refractivity contribution in [3.05, 3.63) is 24.3 Å². The van der Waals surface area contributed by atoms with Gasteiger partial charge in [-0.25, -0.2) is 4.79 Å². The molecule has 1 fully saturated rings. The Morgan fingerprint density at radius 3 is 2.47 bits per heavy atom.